The van der Waals surface area contributed by atoms with Crippen molar-refractivity contribution >= 4 is 15.7 Å². The first-order chi connectivity index (χ1) is 9.03. The number of nitrogens with zero attached hydrogens (tertiary/aromatic N) is 3. The highest BCUT2D eigenvalue weighted by molar-refractivity contribution is 7.91. The van der Waals surface area contributed by atoms with E-state index in [4.69, 9.17) is 5.73 Å². The zero-order chi connectivity index (χ0) is 13.9. The van der Waals surface area contributed by atoms with Crippen molar-refractivity contribution in [3.63, 3.8) is 0 Å². The molecule has 19 heavy (non-hydrogen) atoms. The zero-order valence-corrected chi connectivity index (χ0v) is 11.5. The van der Waals surface area contributed by atoms with E-state index in [1.165, 1.54) is 0 Å². The molecule has 0 saturated carbocycles. The van der Waals surface area contributed by atoms with Gasteiger partial charge in [-0.1, -0.05) is 6.92 Å². The van der Waals surface area contributed by atoms with Crippen LogP contribution in [-0.4, -0.2) is 34.5 Å². The average molecular weight is 280 g/mol. The molecule has 7 heteroatoms. The molecule has 0 fully saturated rings. The van der Waals surface area contributed by atoms with Crippen LogP contribution in [0.1, 0.15) is 6.92 Å². The fraction of sp³-hybridized carbons (Fsp3) is 0.333. The zero-order valence-electron chi connectivity index (χ0n) is 10.7. The average Bonchev–Trinajstić information content (AvgIpc) is 2.85. The maximum Gasteiger partial charge on any atom is 0.151 e. The quantitative estimate of drug-likeness (QED) is 0.881. The van der Waals surface area contributed by atoms with Gasteiger partial charge in [-0.2, -0.15) is 0 Å². The van der Waals surface area contributed by atoms with Crippen LogP contribution in [0.25, 0.3) is 11.3 Å². The molecule has 0 radical (unpaired) electrons. The number of pyridine rings is 1. The first kappa shape index (κ1) is 13.5. The Morgan fingerprint density at radius 1 is 1.42 bits per heavy atom. The van der Waals surface area contributed by atoms with Crippen LogP contribution < -0.4 is 5.73 Å². The molecule has 102 valence electrons. The Balaban J connectivity index is 2.26. The number of hydrogen-bond donors (Lipinski definition) is 1. The molecule has 6 nitrogen and oxygen atoms in total. The Labute approximate surface area is 112 Å². The lowest BCUT2D eigenvalue weighted by Gasteiger charge is -2.09. The molecule has 0 atom stereocenters. The van der Waals surface area contributed by atoms with Gasteiger partial charge in [0.2, 0.25) is 0 Å². The lowest BCUT2D eigenvalue weighted by Crippen LogP contribution is -2.14. The predicted octanol–water partition coefficient (Wildman–Crippen LogP) is 0.962. The number of nitrogens with two attached hydrogens (primary N) is 1. The van der Waals surface area contributed by atoms with Crippen molar-refractivity contribution in [3.8, 4) is 11.3 Å². The summed E-state index contributed by atoms with van der Waals surface area (Å²) in [6.07, 6.45) is 4.87. The lowest BCUT2D eigenvalue weighted by atomic mass is 10.2. The molecular weight excluding hydrogens is 264 g/mol. The number of nitrogen functional groups attached to an aromatic ring is 1. The van der Waals surface area contributed by atoms with Crippen molar-refractivity contribution in [2.24, 2.45) is 0 Å². The fourth-order valence-electron chi connectivity index (χ4n) is 1.74. The highest BCUT2D eigenvalue weighted by atomic mass is 32.2. The monoisotopic (exact) mass is 280 g/mol. The van der Waals surface area contributed by atoms with Crippen molar-refractivity contribution in [1.29, 1.82) is 0 Å². The number of aryl methyl sites for hydroxylation is 1. The van der Waals surface area contributed by atoms with Gasteiger partial charge in [0.15, 0.2) is 9.84 Å². The number of imidazole rings is 1. The summed E-state index contributed by atoms with van der Waals surface area (Å²) in [7, 11) is -3.00. The van der Waals surface area contributed by atoms with Gasteiger partial charge in [-0.05, 0) is 12.1 Å². The van der Waals surface area contributed by atoms with E-state index in [0.29, 0.717) is 12.4 Å². The third-order valence-corrected chi connectivity index (χ3v) is 4.59. The smallest absolute Gasteiger partial charge is 0.151 e. The van der Waals surface area contributed by atoms with Crippen LogP contribution in [0.3, 0.4) is 0 Å². The van der Waals surface area contributed by atoms with Crippen LogP contribution in [0, 0.1) is 0 Å². The Hall–Kier alpha value is -1.89. The van der Waals surface area contributed by atoms with Gasteiger partial charge in [-0.25, -0.2) is 18.4 Å². The van der Waals surface area contributed by atoms with E-state index < -0.39 is 9.84 Å². The molecule has 0 amide bonds. The van der Waals surface area contributed by atoms with E-state index in [1.54, 1.807) is 36.3 Å². The number of aromatic nitrogens is 3. The number of sulfone groups is 1. The van der Waals surface area contributed by atoms with Crippen molar-refractivity contribution in [2.45, 2.75) is 13.5 Å². The second-order valence-electron chi connectivity index (χ2n) is 4.14. The van der Waals surface area contributed by atoms with Crippen LogP contribution in [0.5, 0.6) is 0 Å². The van der Waals surface area contributed by atoms with Gasteiger partial charge in [0.1, 0.15) is 5.82 Å². The maximum atomic E-state index is 11.5. The molecule has 0 saturated heterocycles. The third-order valence-electron chi connectivity index (χ3n) is 2.91. The van der Waals surface area contributed by atoms with Crippen LogP contribution in [-0.2, 0) is 16.4 Å². The third kappa shape index (κ3) is 3.11. The molecule has 2 aromatic rings. The Morgan fingerprint density at radius 3 is 2.89 bits per heavy atom. The van der Waals surface area contributed by atoms with Gasteiger partial charge in [-0.15, -0.1) is 0 Å². The molecule has 2 N–H and O–H groups in total. The summed E-state index contributed by atoms with van der Waals surface area (Å²) in [6, 6.07) is 3.62. The summed E-state index contributed by atoms with van der Waals surface area (Å²) in [5.74, 6) is 0.640. The summed E-state index contributed by atoms with van der Waals surface area (Å²) in [4.78, 5) is 8.07. The minimum atomic E-state index is -3.00. The molecular formula is C12H16N4O2S. The minimum Gasteiger partial charge on any atom is -0.383 e. The second-order valence-corrected chi connectivity index (χ2v) is 6.62. The van der Waals surface area contributed by atoms with E-state index in [2.05, 4.69) is 9.97 Å². The molecule has 0 aliphatic rings. The SMILES string of the molecule is CCS(=O)(=O)CCn1cncc1-c1cccnc1N. The summed E-state index contributed by atoms with van der Waals surface area (Å²) >= 11 is 0. The first-order valence-electron chi connectivity index (χ1n) is 5.95. The molecule has 0 aliphatic carbocycles. The van der Waals surface area contributed by atoms with E-state index in [1.807, 2.05) is 6.07 Å². The summed E-state index contributed by atoms with van der Waals surface area (Å²) < 4.78 is 24.9. The minimum absolute atomic E-state index is 0.0903. The van der Waals surface area contributed by atoms with E-state index in [9.17, 15) is 8.42 Å². The highest BCUT2D eigenvalue weighted by Gasteiger charge is 2.12. The van der Waals surface area contributed by atoms with E-state index in [-0.39, 0.29) is 11.5 Å². The number of rotatable bonds is 5. The van der Waals surface area contributed by atoms with Gasteiger partial charge >= 0.3 is 0 Å². The molecule has 0 aliphatic heterocycles. The Kier molecular flexibility index (Phi) is 3.84. The van der Waals surface area contributed by atoms with Crippen molar-refractivity contribution in [2.75, 3.05) is 17.2 Å². The molecule has 0 bridgehead atoms. The Morgan fingerprint density at radius 2 is 2.21 bits per heavy atom. The Bertz CT molecular complexity index is 664. The summed E-state index contributed by atoms with van der Waals surface area (Å²) in [5, 5.41) is 0. The molecule has 0 aromatic carbocycles. The van der Waals surface area contributed by atoms with Crippen LogP contribution in [0.4, 0.5) is 5.82 Å². The highest BCUT2D eigenvalue weighted by Crippen LogP contribution is 2.23. The summed E-state index contributed by atoms with van der Waals surface area (Å²) in [5.41, 5.74) is 7.35. The van der Waals surface area contributed by atoms with Gasteiger partial charge in [0, 0.05) is 24.1 Å². The first-order valence-corrected chi connectivity index (χ1v) is 7.77. The lowest BCUT2D eigenvalue weighted by molar-refractivity contribution is 0.590. The van der Waals surface area contributed by atoms with Crippen molar-refractivity contribution in [3.05, 3.63) is 30.9 Å². The molecule has 2 heterocycles. The number of anilines is 1. The van der Waals surface area contributed by atoms with Crippen LogP contribution in [0.15, 0.2) is 30.9 Å². The van der Waals surface area contributed by atoms with Gasteiger partial charge in [0.25, 0.3) is 0 Å². The van der Waals surface area contributed by atoms with Gasteiger partial charge in [-0.3, -0.25) is 0 Å². The van der Waals surface area contributed by atoms with Crippen LogP contribution in [0.2, 0.25) is 0 Å². The maximum absolute atomic E-state index is 11.5. The molecule has 0 spiro atoms. The van der Waals surface area contributed by atoms with Gasteiger partial charge < -0.3 is 10.3 Å². The molecule has 2 rings (SSSR count). The number of hydrogen-bond acceptors (Lipinski definition) is 5. The second kappa shape index (κ2) is 5.40. The standard InChI is InChI=1S/C12H16N4O2S/c1-2-19(17,18)7-6-16-9-14-8-11(16)10-4-3-5-15-12(10)13/h3-5,8-9H,2,6-7H2,1H3,(H2,13,15). The summed E-state index contributed by atoms with van der Waals surface area (Å²) in [6.45, 7) is 2.00. The van der Waals surface area contributed by atoms with E-state index >= 15 is 0 Å². The predicted molar refractivity (Wildman–Crippen MR) is 74.2 cm³/mol. The normalized spacial score (nSPS) is 11.6. The topological polar surface area (TPSA) is 90.9 Å². The fourth-order valence-corrected chi connectivity index (χ4v) is 2.50. The molecule has 2 aromatic heterocycles. The molecule has 0 unspecified atom stereocenters. The largest absolute Gasteiger partial charge is 0.383 e. The van der Waals surface area contributed by atoms with E-state index in [0.717, 1.165) is 11.3 Å². The van der Waals surface area contributed by atoms with Crippen molar-refractivity contribution in [1.82, 2.24) is 14.5 Å². The van der Waals surface area contributed by atoms with Gasteiger partial charge in [0.05, 0.1) is 24.0 Å². The van der Waals surface area contributed by atoms with Crippen molar-refractivity contribution < 1.29 is 8.42 Å². The van der Waals surface area contributed by atoms with Crippen LogP contribution >= 0.6 is 0 Å².